The molecule has 0 saturated heterocycles. The van der Waals surface area contributed by atoms with Gasteiger partial charge in [-0.2, -0.15) is 0 Å². The predicted molar refractivity (Wildman–Crippen MR) is 70.3 cm³/mol. The standard InChI is InChI=1S/C13H16N4/c1-3-10-12(14)15-8-16-13(10)17-11-7-5-4-6-9(11)2/h4-8H,3H2,1-2H3,(H3,14,15,16,17). The Morgan fingerprint density at radius 1 is 1.24 bits per heavy atom. The lowest BCUT2D eigenvalue weighted by Crippen LogP contribution is -2.05. The van der Waals surface area contributed by atoms with E-state index in [2.05, 4.69) is 28.3 Å². The third-order valence-electron chi connectivity index (χ3n) is 2.73. The Bertz CT molecular complexity index is 523. The zero-order valence-electron chi connectivity index (χ0n) is 10.1. The SMILES string of the molecule is CCc1c(N)ncnc1Nc1ccccc1C. The highest BCUT2D eigenvalue weighted by Crippen LogP contribution is 2.23. The number of hydrogen-bond donors (Lipinski definition) is 2. The van der Waals surface area contributed by atoms with Gasteiger partial charge in [-0.25, -0.2) is 9.97 Å². The van der Waals surface area contributed by atoms with Crippen LogP contribution in [0, 0.1) is 6.92 Å². The fourth-order valence-corrected chi connectivity index (χ4v) is 1.72. The zero-order valence-corrected chi connectivity index (χ0v) is 10.1. The molecular formula is C13H16N4. The normalized spacial score (nSPS) is 10.2. The second-order valence-corrected chi connectivity index (χ2v) is 3.88. The summed E-state index contributed by atoms with van der Waals surface area (Å²) in [5.74, 6) is 1.33. The highest BCUT2D eigenvalue weighted by atomic mass is 15.0. The van der Waals surface area contributed by atoms with Gasteiger partial charge in [-0.1, -0.05) is 25.1 Å². The Kier molecular flexibility index (Phi) is 3.23. The van der Waals surface area contributed by atoms with E-state index < -0.39 is 0 Å². The van der Waals surface area contributed by atoms with E-state index in [4.69, 9.17) is 5.73 Å². The van der Waals surface area contributed by atoms with Crippen LogP contribution in [0.4, 0.5) is 17.3 Å². The fourth-order valence-electron chi connectivity index (χ4n) is 1.72. The van der Waals surface area contributed by atoms with Crippen molar-refractivity contribution in [3.63, 3.8) is 0 Å². The molecule has 0 bridgehead atoms. The van der Waals surface area contributed by atoms with Gasteiger partial charge in [-0.3, -0.25) is 0 Å². The molecule has 3 N–H and O–H groups in total. The van der Waals surface area contributed by atoms with E-state index in [1.807, 2.05) is 25.1 Å². The minimum atomic E-state index is 0.540. The summed E-state index contributed by atoms with van der Waals surface area (Å²) in [6.45, 7) is 4.09. The maximum absolute atomic E-state index is 5.83. The van der Waals surface area contributed by atoms with Gasteiger partial charge in [0.25, 0.3) is 0 Å². The number of benzene rings is 1. The lowest BCUT2D eigenvalue weighted by Gasteiger charge is -2.12. The smallest absolute Gasteiger partial charge is 0.139 e. The first-order valence-corrected chi connectivity index (χ1v) is 5.64. The summed E-state index contributed by atoms with van der Waals surface area (Å²) in [6, 6.07) is 8.08. The van der Waals surface area contributed by atoms with Gasteiger partial charge in [0.2, 0.25) is 0 Å². The fraction of sp³-hybridized carbons (Fsp3) is 0.231. The summed E-state index contributed by atoms with van der Waals surface area (Å²) in [6.07, 6.45) is 2.29. The maximum atomic E-state index is 5.83. The summed E-state index contributed by atoms with van der Waals surface area (Å²) in [5, 5.41) is 3.30. The van der Waals surface area contributed by atoms with Crippen molar-refractivity contribution in [1.82, 2.24) is 9.97 Å². The minimum absolute atomic E-state index is 0.540. The van der Waals surface area contributed by atoms with E-state index in [9.17, 15) is 0 Å². The number of hydrogen-bond acceptors (Lipinski definition) is 4. The number of nitrogens with one attached hydrogen (secondary N) is 1. The molecule has 0 fully saturated rings. The average molecular weight is 228 g/mol. The monoisotopic (exact) mass is 228 g/mol. The van der Waals surface area contributed by atoms with Crippen LogP contribution in [-0.2, 0) is 6.42 Å². The summed E-state index contributed by atoms with van der Waals surface area (Å²) < 4.78 is 0. The van der Waals surface area contributed by atoms with E-state index in [-0.39, 0.29) is 0 Å². The van der Waals surface area contributed by atoms with Gasteiger partial charge in [-0.15, -0.1) is 0 Å². The van der Waals surface area contributed by atoms with Crippen molar-refractivity contribution < 1.29 is 0 Å². The number of nitrogens with two attached hydrogens (primary N) is 1. The first kappa shape index (κ1) is 11.4. The van der Waals surface area contributed by atoms with Crippen LogP contribution < -0.4 is 11.1 Å². The second kappa shape index (κ2) is 4.82. The minimum Gasteiger partial charge on any atom is -0.383 e. The first-order chi connectivity index (χ1) is 8.22. The molecule has 1 heterocycles. The Balaban J connectivity index is 2.37. The molecule has 1 aromatic carbocycles. The van der Waals surface area contributed by atoms with E-state index in [1.165, 1.54) is 11.9 Å². The molecule has 1 aromatic heterocycles. The van der Waals surface area contributed by atoms with E-state index in [1.54, 1.807) is 0 Å². The zero-order chi connectivity index (χ0) is 12.3. The van der Waals surface area contributed by atoms with Gasteiger partial charge in [-0.05, 0) is 25.0 Å². The summed E-state index contributed by atoms with van der Waals surface area (Å²) in [5.41, 5.74) is 9.00. The van der Waals surface area contributed by atoms with Crippen molar-refractivity contribution in [1.29, 1.82) is 0 Å². The Morgan fingerprint density at radius 2 is 2.00 bits per heavy atom. The average Bonchev–Trinajstić information content (AvgIpc) is 2.32. The molecule has 2 rings (SSSR count). The van der Waals surface area contributed by atoms with E-state index in [0.29, 0.717) is 5.82 Å². The first-order valence-electron chi connectivity index (χ1n) is 5.64. The van der Waals surface area contributed by atoms with Crippen LogP contribution >= 0.6 is 0 Å². The molecule has 0 radical (unpaired) electrons. The molecule has 0 amide bonds. The van der Waals surface area contributed by atoms with Crippen LogP contribution in [0.25, 0.3) is 0 Å². The summed E-state index contributed by atoms with van der Waals surface area (Å²) in [7, 11) is 0. The van der Waals surface area contributed by atoms with Crippen LogP contribution in [0.1, 0.15) is 18.1 Å². The Hall–Kier alpha value is -2.10. The van der Waals surface area contributed by atoms with Gasteiger partial charge in [0.1, 0.15) is 18.0 Å². The molecule has 88 valence electrons. The third-order valence-corrected chi connectivity index (χ3v) is 2.73. The number of anilines is 3. The van der Waals surface area contributed by atoms with Crippen LogP contribution in [0.2, 0.25) is 0 Å². The molecule has 4 nitrogen and oxygen atoms in total. The Labute approximate surface area is 101 Å². The molecule has 0 aliphatic rings. The van der Waals surface area contributed by atoms with Crippen molar-refractivity contribution in [2.45, 2.75) is 20.3 Å². The molecule has 4 heteroatoms. The van der Waals surface area contributed by atoms with Gasteiger partial charge in [0.05, 0.1) is 0 Å². The van der Waals surface area contributed by atoms with Crippen LogP contribution in [-0.4, -0.2) is 9.97 Å². The Morgan fingerprint density at radius 3 is 2.71 bits per heavy atom. The van der Waals surface area contributed by atoms with Crippen LogP contribution in [0.3, 0.4) is 0 Å². The van der Waals surface area contributed by atoms with Crippen molar-refractivity contribution in [2.75, 3.05) is 11.1 Å². The quantitative estimate of drug-likeness (QED) is 0.847. The molecule has 0 aliphatic carbocycles. The number of aromatic nitrogens is 2. The molecule has 2 aromatic rings. The van der Waals surface area contributed by atoms with Crippen molar-refractivity contribution >= 4 is 17.3 Å². The summed E-state index contributed by atoms with van der Waals surface area (Å²) in [4.78, 5) is 8.25. The van der Waals surface area contributed by atoms with E-state index >= 15 is 0 Å². The number of para-hydroxylation sites is 1. The topological polar surface area (TPSA) is 63.8 Å². The van der Waals surface area contributed by atoms with Gasteiger partial charge < -0.3 is 11.1 Å². The van der Waals surface area contributed by atoms with Crippen molar-refractivity contribution in [2.24, 2.45) is 0 Å². The largest absolute Gasteiger partial charge is 0.383 e. The van der Waals surface area contributed by atoms with Crippen molar-refractivity contribution in [3.05, 3.63) is 41.7 Å². The number of rotatable bonds is 3. The van der Waals surface area contributed by atoms with E-state index in [0.717, 1.165) is 23.5 Å². The molecule has 0 unspecified atom stereocenters. The molecular weight excluding hydrogens is 212 g/mol. The highest BCUT2D eigenvalue weighted by Gasteiger charge is 2.07. The third kappa shape index (κ3) is 2.36. The number of nitrogens with zero attached hydrogens (tertiary/aromatic N) is 2. The van der Waals surface area contributed by atoms with Crippen LogP contribution in [0.15, 0.2) is 30.6 Å². The lowest BCUT2D eigenvalue weighted by atomic mass is 10.2. The number of aryl methyl sites for hydroxylation is 1. The van der Waals surface area contributed by atoms with Gasteiger partial charge in [0.15, 0.2) is 0 Å². The molecule has 0 saturated carbocycles. The lowest BCUT2D eigenvalue weighted by molar-refractivity contribution is 1.06. The molecule has 0 aliphatic heterocycles. The second-order valence-electron chi connectivity index (χ2n) is 3.88. The number of nitrogen functional groups attached to an aromatic ring is 1. The maximum Gasteiger partial charge on any atom is 0.139 e. The van der Waals surface area contributed by atoms with Gasteiger partial charge in [0, 0.05) is 11.3 Å². The molecule has 0 spiro atoms. The van der Waals surface area contributed by atoms with Crippen LogP contribution in [0.5, 0.6) is 0 Å². The highest BCUT2D eigenvalue weighted by molar-refractivity contribution is 5.65. The van der Waals surface area contributed by atoms with Crippen molar-refractivity contribution in [3.8, 4) is 0 Å². The van der Waals surface area contributed by atoms with Gasteiger partial charge >= 0.3 is 0 Å². The summed E-state index contributed by atoms with van der Waals surface area (Å²) >= 11 is 0. The molecule has 0 atom stereocenters. The molecule has 17 heavy (non-hydrogen) atoms. The predicted octanol–water partition coefficient (Wildman–Crippen LogP) is 2.67.